The Morgan fingerprint density at radius 1 is 1.00 bits per heavy atom. The van der Waals surface area contributed by atoms with Gasteiger partial charge in [0, 0.05) is 28.1 Å². The van der Waals surface area contributed by atoms with E-state index >= 15 is 0 Å². The standard InChI is InChI=1S/C19H14BrNO4/c1-10(22)13-5-8-16-15(9-13)17(19(25)21(16)11(2)23)18(24)12-3-6-14(20)7-4-12/h3-9,24H,1-2H3. The third-order valence-electron chi connectivity index (χ3n) is 4.00. The molecule has 25 heavy (non-hydrogen) atoms. The number of nitrogens with zero attached hydrogens (tertiary/aromatic N) is 1. The van der Waals surface area contributed by atoms with Crippen molar-refractivity contribution in [2.24, 2.45) is 0 Å². The van der Waals surface area contributed by atoms with Gasteiger partial charge >= 0.3 is 0 Å². The molecule has 2 aromatic rings. The number of anilines is 1. The van der Waals surface area contributed by atoms with Gasteiger partial charge in [-0.05, 0) is 37.3 Å². The zero-order chi connectivity index (χ0) is 18.3. The van der Waals surface area contributed by atoms with E-state index in [4.69, 9.17) is 0 Å². The van der Waals surface area contributed by atoms with Crippen LogP contribution in [0, 0.1) is 0 Å². The Bertz CT molecular complexity index is 944. The maximum atomic E-state index is 12.8. The largest absolute Gasteiger partial charge is 0.506 e. The van der Waals surface area contributed by atoms with Crippen LogP contribution in [-0.4, -0.2) is 22.7 Å². The molecule has 1 N–H and O–H groups in total. The Hall–Kier alpha value is -2.73. The molecule has 1 heterocycles. The van der Waals surface area contributed by atoms with Gasteiger partial charge in [0.15, 0.2) is 5.78 Å². The molecule has 0 aliphatic carbocycles. The van der Waals surface area contributed by atoms with Crippen molar-refractivity contribution < 1.29 is 19.5 Å². The minimum atomic E-state index is -0.608. The van der Waals surface area contributed by atoms with Crippen molar-refractivity contribution in [2.75, 3.05) is 4.90 Å². The van der Waals surface area contributed by atoms with Gasteiger partial charge in [-0.2, -0.15) is 0 Å². The first-order chi connectivity index (χ1) is 11.8. The first-order valence-corrected chi connectivity index (χ1v) is 8.30. The summed E-state index contributed by atoms with van der Waals surface area (Å²) in [6, 6.07) is 11.4. The van der Waals surface area contributed by atoms with E-state index < -0.39 is 11.8 Å². The summed E-state index contributed by atoms with van der Waals surface area (Å²) in [5, 5.41) is 10.7. The van der Waals surface area contributed by atoms with Gasteiger partial charge in [0.2, 0.25) is 5.91 Å². The lowest BCUT2D eigenvalue weighted by Crippen LogP contribution is -2.31. The van der Waals surface area contributed by atoms with Crippen LogP contribution in [0.25, 0.3) is 11.3 Å². The zero-order valence-electron chi connectivity index (χ0n) is 13.5. The molecule has 0 radical (unpaired) electrons. The molecule has 126 valence electrons. The van der Waals surface area contributed by atoms with Crippen molar-refractivity contribution in [2.45, 2.75) is 13.8 Å². The highest BCUT2D eigenvalue weighted by Gasteiger charge is 2.38. The summed E-state index contributed by atoms with van der Waals surface area (Å²) in [4.78, 5) is 37.4. The highest BCUT2D eigenvalue weighted by atomic mass is 79.9. The molecule has 2 amide bonds. The molecule has 1 aliphatic heterocycles. The van der Waals surface area contributed by atoms with E-state index in [0.29, 0.717) is 22.4 Å². The van der Waals surface area contributed by atoms with Crippen LogP contribution in [0.15, 0.2) is 46.9 Å². The number of aliphatic hydroxyl groups excluding tert-OH is 1. The van der Waals surface area contributed by atoms with E-state index in [9.17, 15) is 19.5 Å². The Morgan fingerprint density at radius 2 is 1.60 bits per heavy atom. The summed E-state index contributed by atoms with van der Waals surface area (Å²) in [5.74, 6) is -1.47. The predicted octanol–water partition coefficient (Wildman–Crippen LogP) is 3.97. The number of halogens is 1. The van der Waals surface area contributed by atoms with Gasteiger partial charge in [-0.25, -0.2) is 4.90 Å². The Morgan fingerprint density at radius 3 is 2.16 bits per heavy atom. The van der Waals surface area contributed by atoms with Crippen LogP contribution in [-0.2, 0) is 9.59 Å². The Labute approximate surface area is 152 Å². The SMILES string of the molecule is CC(=O)c1ccc2c(c1)C(=C(O)c1ccc(Br)cc1)C(=O)N2C(C)=O. The number of amides is 2. The molecule has 2 aromatic carbocycles. The number of fused-ring (bicyclic) bond motifs is 1. The lowest BCUT2D eigenvalue weighted by atomic mass is 9.99. The lowest BCUT2D eigenvalue weighted by Gasteiger charge is -2.12. The van der Waals surface area contributed by atoms with E-state index in [1.807, 2.05) is 0 Å². The van der Waals surface area contributed by atoms with Gasteiger partial charge in [-0.15, -0.1) is 0 Å². The van der Waals surface area contributed by atoms with E-state index in [-0.39, 0.29) is 17.1 Å². The van der Waals surface area contributed by atoms with Crippen molar-refractivity contribution in [1.82, 2.24) is 0 Å². The average Bonchev–Trinajstić information content (AvgIpc) is 2.85. The fourth-order valence-electron chi connectivity index (χ4n) is 2.78. The second-order valence-electron chi connectivity index (χ2n) is 5.68. The summed E-state index contributed by atoms with van der Waals surface area (Å²) in [7, 11) is 0. The van der Waals surface area contributed by atoms with Gasteiger partial charge in [0.1, 0.15) is 5.76 Å². The summed E-state index contributed by atoms with van der Waals surface area (Å²) < 4.78 is 0.830. The number of benzene rings is 2. The predicted molar refractivity (Wildman–Crippen MR) is 98.2 cm³/mol. The quantitative estimate of drug-likeness (QED) is 0.470. The summed E-state index contributed by atoms with van der Waals surface area (Å²) in [6.07, 6.45) is 0. The minimum absolute atomic E-state index is 0.00984. The number of carbonyl (C=O) groups excluding carboxylic acids is 3. The Kier molecular flexibility index (Phi) is 4.30. The third-order valence-corrected chi connectivity index (χ3v) is 4.53. The van der Waals surface area contributed by atoms with E-state index in [1.165, 1.54) is 19.9 Å². The van der Waals surface area contributed by atoms with Crippen molar-refractivity contribution in [3.8, 4) is 0 Å². The number of aliphatic hydroxyl groups is 1. The normalized spacial score (nSPS) is 15.2. The first-order valence-electron chi connectivity index (χ1n) is 7.51. The van der Waals surface area contributed by atoms with Crippen LogP contribution < -0.4 is 4.90 Å². The number of Topliss-reactive ketones (excluding diaryl/α,β-unsaturated/α-hetero) is 1. The molecule has 0 fully saturated rings. The summed E-state index contributed by atoms with van der Waals surface area (Å²) in [6.45, 7) is 2.69. The van der Waals surface area contributed by atoms with Gasteiger partial charge in [-0.1, -0.05) is 28.1 Å². The molecular weight excluding hydrogens is 386 g/mol. The number of hydrogen-bond acceptors (Lipinski definition) is 4. The van der Waals surface area contributed by atoms with Crippen molar-refractivity contribution in [1.29, 1.82) is 0 Å². The van der Waals surface area contributed by atoms with Crippen LogP contribution in [0.4, 0.5) is 5.69 Å². The highest BCUT2D eigenvalue weighted by molar-refractivity contribution is 9.10. The van der Waals surface area contributed by atoms with Crippen LogP contribution in [0.1, 0.15) is 35.3 Å². The summed E-state index contributed by atoms with van der Waals surface area (Å²) >= 11 is 3.31. The molecular formula is C19H14BrNO4. The second-order valence-corrected chi connectivity index (χ2v) is 6.59. The molecule has 3 rings (SSSR count). The van der Waals surface area contributed by atoms with E-state index in [1.54, 1.807) is 36.4 Å². The fraction of sp³-hybridized carbons (Fsp3) is 0.105. The van der Waals surface area contributed by atoms with E-state index in [0.717, 1.165) is 9.37 Å². The number of ketones is 1. The third kappa shape index (κ3) is 2.89. The Balaban J connectivity index is 2.27. The second kappa shape index (κ2) is 6.29. The van der Waals surface area contributed by atoms with Gasteiger partial charge in [0.05, 0.1) is 11.3 Å². The molecule has 0 unspecified atom stereocenters. The fourth-order valence-corrected chi connectivity index (χ4v) is 3.04. The zero-order valence-corrected chi connectivity index (χ0v) is 15.1. The van der Waals surface area contributed by atoms with Crippen molar-refractivity contribution in [3.63, 3.8) is 0 Å². The van der Waals surface area contributed by atoms with Crippen LogP contribution in [0.5, 0.6) is 0 Å². The van der Waals surface area contributed by atoms with Crippen LogP contribution in [0.2, 0.25) is 0 Å². The smallest absolute Gasteiger partial charge is 0.269 e. The maximum absolute atomic E-state index is 12.8. The number of carbonyl (C=O) groups is 3. The van der Waals surface area contributed by atoms with Crippen LogP contribution in [0.3, 0.4) is 0 Å². The topological polar surface area (TPSA) is 74.7 Å². The number of hydrogen-bond donors (Lipinski definition) is 1. The monoisotopic (exact) mass is 399 g/mol. The minimum Gasteiger partial charge on any atom is -0.506 e. The van der Waals surface area contributed by atoms with Crippen molar-refractivity contribution in [3.05, 3.63) is 63.6 Å². The highest BCUT2D eigenvalue weighted by Crippen LogP contribution is 2.40. The molecule has 0 bridgehead atoms. The van der Waals surface area contributed by atoms with E-state index in [2.05, 4.69) is 15.9 Å². The van der Waals surface area contributed by atoms with Crippen LogP contribution >= 0.6 is 15.9 Å². The summed E-state index contributed by atoms with van der Waals surface area (Å²) in [5.41, 5.74) is 1.58. The molecule has 0 spiro atoms. The van der Waals surface area contributed by atoms with Crippen molar-refractivity contribution >= 4 is 50.5 Å². The molecule has 6 heteroatoms. The number of imide groups is 1. The van der Waals surface area contributed by atoms with Gasteiger partial charge in [-0.3, -0.25) is 14.4 Å². The molecule has 5 nitrogen and oxygen atoms in total. The molecule has 0 atom stereocenters. The first kappa shape index (κ1) is 17.1. The molecule has 0 saturated heterocycles. The molecule has 0 saturated carbocycles. The molecule has 0 aromatic heterocycles. The average molecular weight is 400 g/mol. The van der Waals surface area contributed by atoms with Gasteiger partial charge in [0.25, 0.3) is 5.91 Å². The maximum Gasteiger partial charge on any atom is 0.269 e. The lowest BCUT2D eigenvalue weighted by molar-refractivity contribution is -0.122. The molecule has 1 aliphatic rings. The number of rotatable bonds is 2. The van der Waals surface area contributed by atoms with Gasteiger partial charge < -0.3 is 5.11 Å².